The Kier molecular flexibility index (Phi) is 2.65. The number of aryl methyl sites for hydroxylation is 1. The van der Waals surface area contributed by atoms with Crippen molar-refractivity contribution in [1.29, 1.82) is 0 Å². The smallest absolute Gasteiger partial charge is 0.336 e. The minimum Gasteiger partial charge on any atom is -0.478 e. The molecule has 0 aliphatic heterocycles. The highest BCUT2D eigenvalue weighted by molar-refractivity contribution is 6.04. The van der Waals surface area contributed by atoms with Crippen molar-refractivity contribution in [3.05, 3.63) is 45.2 Å². The summed E-state index contributed by atoms with van der Waals surface area (Å²) in [6.07, 6.45) is 0. The second kappa shape index (κ2) is 3.90. The molecule has 1 N–H and O–H groups in total. The molecule has 0 aliphatic rings. The summed E-state index contributed by atoms with van der Waals surface area (Å²) in [5.74, 6) is -3.28. The van der Waals surface area contributed by atoms with Crippen molar-refractivity contribution in [3.63, 3.8) is 0 Å². The SMILES string of the molecule is Cc1c(C(=O)O)c2c(F)cc(F)cc2n(C)c1=O. The molecule has 0 fully saturated rings. The van der Waals surface area contributed by atoms with Crippen LogP contribution in [-0.4, -0.2) is 15.6 Å². The van der Waals surface area contributed by atoms with Gasteiger partial charge in [-0.25, -0.2) is 13.6 Å². The Bertz CT molecular complexity index is 734. The molecule has 0 bridgehead atoms. The number of hydrogen-bond donors (Lipinski definition) is 1. The van der Waals surface area contributed by atoms with Crippen LogP contribution in [0.1, 0.15) is 15.9 Å². The molecule has 0 saturated carbocycles. The summed E-state index contributed by atoms with van der Waals surface area (Å²) in [7, 11) is 1.34. The van der Waals surface area contributed by atoms with Crippen LogP contribution < -0.4 is 5.56 Å². The molecular weight excluding hydrogens is 244 g/mol. The number of fused-ring (bicyclic) bond motifs is 1. The summed E-state index contributed by atoms with van der Waals surface area (Å²) in [5, 5.41) is 8.80. The first kappa shape index (κ1) is 12.2. The van der Waals surface area contributed by atoms with Crippen molar-refractivity contribution in [3.8, 4) is 0 Å². The molecule has 94 valence electrons. The zero-order valence-corrected chi connectivity index (χ0v) is 9.62. The van der Waals surface area contributed by atoms with Gasteiger partial charge in [0.1, 0.15) is 11.6 Å². The highest BCUT2D eigenvalue weighted by Crippen LogP contribution is 2.23. The van der Waals surface area contributed by atoms with Crippen LogP contribution in [0.4, 0.5) is 8.78 Å². The highest BCUT2D eigenvalue weighted by Gasteiger charge is 2.21. The third kappa shape index (κ3) is 1.57. The average molecular weight is 253 g/mol. The molecule has 1 heterocycles. The van der Waals surface area contributed by atoms with Gasteiger partial charge in [-0.05, 0) is 13.0 Å². The Morgan fingerprint density at radius 1 is 1.33 bits per heavy atom. The van der Waals surface area contributed by atoms with Crippen molar-refractivity contribution < 1.29 is 18.7 Å². The van der Waals surface area contributed by atoms with Crippen molar-refractivity contribution in [2.45, 2.75) is 6.92 Å². The van der Waals surface area contributed by atoms with E-state index in [2.05, 4.69) is 0 Å². The van der Waals surface area contributed by atoms with Crippen LogP contribution >= 0.6 is 0 Å². The number of nitrogens with zero attached hydrogens (tertiary/aromatic N) is 1. The molecule has 1 aromatic heterocycles. The van der Waals surface area contributed by atoms with Crippen LogP contribution in [0.15, 0.2) is 16.9 Å². The summed E-state index contributed by atoms with van der Waals surface area (Å²) < 4.78 is 27.9. The first-order valence-corrected chi connectivity index (χ1v) is 5.06. The van der Waals surface area contributed by atoms with Gasteiger partial charge in [0.05, 0.1) is 11.1 Å². The normalized spacial score (nSPS) is 10.9. The Balaban J connectivity index is 3.18. The van der Waals surface area contributed by atoms with Crippen LogP contribution in [0.3, 0.4) is 0 Å². The van der Waals surface area contributed by atoms with Gasteiger partial charge in [0.25, 0.3) is 5.56 Å². The number of carbonyl (C=O) groups is 1. The van der Waals surface area contributed by atoms with Gasteiger partial charge in [-0.3, -0.25) is 4.79 Å². The Morgan fingerprint density at radius 2 is 1.94 bits per heavy atom. The molecule has 1 aromatic carbocycles. The fourth-order valence-corrected chi connectivity index (χ4v) is 1.99. The van der Waals surface area contributed by atoms with E-state index in [0.29, 0.717) is 6.07 Å². The van der Waals surface area contributed by atoms with Crippen molar-refractivity contribution in [1.82, 2.24) is 4.57 Å². The predicted octanol–water partition coefficient (Wildman–Crippen LogP) is 1.82. The molecule has 2 aromatic rings. The Labute approximate surface area is 100 Å². The zero-order chi connectivity index (χ0) is 13.6. The standard InChI is InChI=1S/C12H9F2NO3/c1-5-9(12(17)18)10-7(14)3-6(13)4-8(10)15(2)11(5)16/h3-4H,1-2H3,(H,17,18). The predicted molar refractivity (Wildman–Crippen MR) is 60.8 cm³/mol. The van der Waals surface area contributed by atoms with E-state index in [4.69, 9.17) is 5.11 Å². The fourth-order valence-electron chi connectivity index (χ4n) is 1.99. The van der Waals surface area contributed by atoms with Crippen LogP contribution in [-0.2, 0) is 7.05 Å². The number of aromatic carboxylic acids is 1. The Morgan fingerprint density at radius 3 is 2.50 bits per heavy atom. The van der Waals surface area contributed by atoms with Gasteiger partial charge in [0.2, 0.25) is 0 Å². The van der Waals surface area contributed by atoms with Crippen LogP contribution in [0.5, 0.6) is 0 Å². The lowest BCUT2D eigenvalue weighted by Crippen LogP contribution is -2.24. The summed E-state index contributed by atoms with van der Waals surface area (Å²) in [4.78, 5) is 22.9. The number of hydrogen-bond acceptors (Lipinski definition) is 2. The lowest BCUT2D eigenvalue weighted by atomic mass is 10.0. The third-order valence-electron chi connectivity index (χ3n) is 2.86. The maximum atomic E-state index is 13.7. The van der Waals surface area contributed by atoms with Gasteiger partial charge < -0.3 is 9.67 Å². The van der Waals surface area contributed by atoms with Crippen molar-refractivity contribution in [2.75, 3.05) is 0 Å². The average Bonchev–Trinajstić information content (AvgIpc) is 2.27. The van der Waals surface area contributed by atoms with E-state index in [1.165, 1.54) is 14.0 Å². The summed E-state index contributed by atoms with van der Waals surface area (Å²) in [5.41, 5.74) is -1.18. The zero-order valence-electron chi connectivity index (χ0n) is 9.62. The maximum Gasteiger partial charge on any atom is 0.336 e. The molecule has 2 rings (SSSR count). The van der Waals surface area contributed by atoms with Gasteiger partial charge in [-0.2, -0.15) is 0 Å². The second-order valence-electron chi connectivity index (χ2n) is 3.95. The first-order valence-electron chi connectivity index (χ1n) is 5.06. The number of carboxylic acids is 1. The number of carboxylic acid groups (broad SMARTS) is 1. The molecule has 6 heteroatoms. The molecule has 0 radical (unpaired) electrons. The lowest BCUT2D eigenvalue weighted by Gasteiger charge is -2.11. The minimum atomic E-state index is -1.42. The summed E-state index contributed by atoms with van der Waals surface area (Å²) >= 11 is 0. The molecule has 0 unspecified atom stereocenters. The largest absolute Gasteiger partial charge is 0.478 e. The van der Waals surface area contributed by atoms with Gasteiger partial charge in [-0.15, -0.1) is 0 Å². The van der Waals surface area contributed by atoms with Crippen molar-refractivity contribution >= 4 is 16.9 Å². The van der Waals surface area contributed by atoms with Crippen LogP contribution in [0.25, 0.3) is 10.9 Å². The topological polar surface area (TPSA) is 59.3 Å². The fraction of sp³-hybridized carbons (Fsp3) is 0.167. The number of halogens is 2. The third-order valence-corrected chi connectivity index (χ3v) is 2.86. The quantitative estimate of drug-likeness (QED) is 0.843. The second-order valence-corrected chi connectivity index (χ2v) is 3.95. The van der Waals surface area contributed by atoms with E-state index in [9.17, 15) is 18.4 Å². The maximum absolute atomic E-state index is 13.7. The van der Waals surface area contributed by atoms with Gasteiger partial charge in [-0.1, -0.05) is 0 Å². The highest BCUT2D eigenvalue weighted by atomic mass is 19.1. The van der Waals surface area contributed by atoms with E-state index < -0.39 is 28.7 Å². The molecule has 0 spiro atoms. The van der Waals surface area contributed by atoms with Crippen molar-refractivity contribution in [2.24, 2.45) is 7.05 Å². The Hall–Kier alpha value is -2.24. The minimum absolute atomic E-state index is 0.0805. The summed E-state index contributed by atoms with van der Waals surface area (Å²) in [6, 6.07) is 1.53. The number of benzene rings is 1. The lowest BCUT2D eigenvalue weighted by molar-refractivity contribution is 0.0697. The summed E-state index contributed by atoms with van der Waals surface area (Å²) in [6.45, 7) is 1.30. The van der Waals surface area contributed by atoms with E-state index in [1.807, 2.05) is 0 Å². The number of aromatic nitrogens is 1. The monoisotopic (exact) mass is 253 g/mol. The van der Waals surface area contributed by atoms with E-state index in [0.717, 1.165) is 10.6 Å². The molecule has 0 amide bonds. The molecular formula is C12H9F2NO3. The van der Waals surface area contributed by atoms with E-state index in [1.54, 1.807) is 0 Å². The molecule has 0 saturated heterocycles. The van der Waals surface area contributed by atoms with Crippen LogP contribution in [0.2, 0.25) is 0 Å². The number of pyridine rings is 1. The van der Waals surface area contributed by atoms with Gasteiger partial charge >= 0.3 is 5.97 Å². The van der Waals surface area contributed by atoms with E-state index in [-0.39, 0.29) is 16.5 Å². The van der Waals surface area contributed by atoms with E-state index >= 15 is 0 Å². The molecule has 4 nitrogen and oxygen atoms in total. The molecule has 18 heavy (non-hydrogen) atoms. The van der Waals surface area contributed by atoms with Crippen LogP contribution in [0, 0.1) is 18.6 Å². The molecule has 0 aliphatic carbocycles. The molecule has 0 atom stereocenters. The van der Waals surface area contributed by atoms with Gasteiger partial charge in [0, 0.05) is 24.1 Å². The first-order chi connectivity index (χ1) is 8.34. The van der Waals surface area contributed by atoms with Gasteiger partial charge in [0.15, 0.2) is 0 Å². The number of rotatable bonds is 1.